The molecule has 0 fully saturated rings. The molecular weight excluding hydrogens is 375 g/mol. The van der Waals surface area contributed by atoms with Gasteiger partial charge in [-0.15, -0.1) is 0 Å². The van der Waals surface area contributed by atoms with Gasteiger partial charge in [-0.2, -0.15) is 23.4 Å². The van der Waals surface area contributed by atoms with Gasteiger partial charge in [-0.25, -0.2) is 9.36 Å². The Bertz CT molecular complexity index is 978. The van der Waals surface area contributed by atoms with Crippen molar-refractivity contribution in [2.75, 3.05) is 5.32 Å². The van der Waals surface area contributed by atoms with Crippen molar-refractivity contribution in [2.45, 2.75) is 33.3 Å². The number of hydrogen-bond acceptors (Lipinski definition) is 4. The number of nitrogens with zero attached hydrogens (tertiary/aromatic N) is 4. The molecule has 10 heteroatoms. The van der Waals surface area contributed by atoms with Gasteiger partial charge in [0.05, 0.1) is 11.3 Å². The lowest BCUT2D eigenvalue weighted by molar-refractivity contribution is -0.137. The van der Waals surface area contributed by atoms with E-state index in [4.69, 9.17) is 4.74 Å². The maximum absolute atomic E-state index is 12.7. The van der Waals surface area contributed by atoms with Crippen molar-refractivity contribution in [1.82, 2.24) is 19.6 Å². The summed E-state index contributed by atoms with van der Waals surface area (Å²) >= 11 is 0. The molecule has 0 aliphatic carbocycles. The minimum atomic E-state index is -4.44. The van der Waals surface area contributed by atoms with E-state index < -0.39 is 17.6 Å². The second-order valence-electron chi connectivity index (χ2n) is 5.98. The standard InChI is InChI=1S/C18H18F3N5O2/c1-3-26-16(9-12(2)23-26)22-17(27)15-7-8-25(24-15)11-28-14-6-4-5-13(10-14)18(19,20)21/h4-10H,3,11H2,1-2H3,(H,22,27). The number of halogens is 3. The van der Waals surface area contributed by atoms with Crippen LogP contribution in [0.15, 0.2) is 42.6 Å². The minimum absolute atomic E-state index is 0.0543. The first-order valence-electron chi connectivity index (χ1n) is 8.45. The van der Waals surface area contributed by atoms with Crippen molar-refractivity contribution in [3.8, 4) is 5.75 Å². The van der Waals surface area contributed by atoms with Crippen LogP contribution in [0.2, 0.25) is 0 Å². The van der Waals surface area contributed by atoms with E-state index >= 15 is 0 Å². The van der Waals surface area contributed by atoms with Crippen LogP contribution in [0, 0.1) is 6.92 Å². The lowest BCUT2D eigenvalue weighted by Crippen LogP contribution is -2.17. The predicted octanol–water partition coefficient (Wildman–Crippen LogP) is 3.72. The number of aromatic nitrogens is 4. The Kier molecular flexibility index (Phi) is 5.39. The first kappa shape index (κ1) is 19.5. The number of hydrogen-bond donors (Lipinski definition) is 1. The van der Waals surface area contributed by atoms with Gasteiger partial charge in [-0.3, -0.25) is 4.79 Å². The lowest BCUT2D eigenvalue weighted by Gasteiger charge is -2.10. The molecule has 3 aromatic rings. The molecule has 0 aliphatic rings. The Morgan fingerprint density at radius 3 is 2.71 bits per heavy atom. The molecule has 0 saturated carbocycles. The average molecular weight is 393 g/mol. The van der Waals surface area contributed by atoms with Crippen molar-refractivity contribution < 1.29 is 22.7 Å². The van der Waals surface area contributed by atoms with Crippen LogP contribution in [-0.4, -0.2) is 25.5 Å². The fourth-order valence-electron chi connectivity index (χ4n) is 2.53. The lowest BCUT2D eigenvalue weighted by atomic mass is 10.2. The normalized spacial score (nSPS) is 11.5. The summed E-state index contributed by atoms with van der Waals surface area (Å²) in [5.74, 6) is 0.186. The zero-order valence-corrected chi connectivity index (χ0v) is 15.2. The molecule has 0 saturated heterocycles. The van der Waals surface area contributed by atoms with Gasteiger partial charge in [0.25, 0.3) is 5.91 Å². The van der Waals surface area contributed by atoms with Crippen LogP contribution in [0.1, 0.15) is 28.7 Å². The van der Waals surface area contributed by atoms with Gasteiger partial charge in [-0.05, 0) is 38.1 Å². The second-order valence-corrected chi connectivity index (χ2v) is 5.98. The number of alkyl halides is 3. The zero-order valence-electron chi connectivity index (χ0n) is 15.2. The number of carbonyl (C=O) groups is 1. The van der Waals surface area contributed by atoms with E-state index in [1.54, 1.807) is 10.7 Å². The third kappa shape index (κ3) is 4.51. The number of aryl methyl sites for hydroxylation is 2. The molecule has 1 amide bonds. The average Bonchev–Trinajstić information content (AvgIpc) is 3.26. The van der Waals surface area contributed by atoms with Crippen molar-refractivity contribution in [3.63, 3.8) is 0 Å². The number of rotatable bonds is 6. The summed E-state index contributed by atoms with van der Waals surface area (Å²) < 4.78 is 46.5. The number of ether oxygens (including phenoxy) is 1. The first-order chi connectivity index (χ1) is 13.3. The third-order valence-corrected chi connectivity index (χ3v) is 3.84. The molecule has 0 spiro atoms. The number of carbonyl (C=O) groups excluding carboxylic acids is 1. The quantitative estimate of drug-likeness (QED) is 0.693. The molecule has 28 heavy (non-hydrogen) atoms. The summed E-state index contributed by atoms with van der Waals surface area (Å²) in [5.41, 5.74) is 0.125. The fraction of sp³-hybridized carbons (Fsp3) is 0.278. The van der Waals surface area contributed by atoms with E-state index in [9.17, 15) is 18.0 Å². The van der Waals surface area contributed by atoms with Crippen LogP contribution in [0.5, 0.6) is 5.75 Å². The summed E-state index contributed by atoms with van der Waals surface area (Å²) in [6.07, 6.45) is -2.94. The van der Waals surface area contributed by atoms with Gasteiger partial charge in [-0.1, -0.05) is 6.07 Å². The maximum Gasteiger partial charge on any atom is 0.416 e. The molecule has 1 aromatic carbocycles. The molecule has 2 aromatic heterocycles. The largest absolute Gasteiger partial charge is 0.471 e. The maximum atomic E-state index is 12.7. The van der Waals surface area contributed by atoms with Gasteiger partial charge in [0.2, 0.25) is 0 Å². The molecule has 7 nitrogen and oxygen atoms in total. The highest BCUT2D eigenvalue weighted by atomic mass is 19.4. The molecule has 1 N–H and O–H groups in total. The van der Waals surface area contributed by atoms with Gasteiger partial charge in [0.1, 0.15) is 11.6 Å². The molecule has 0 bridgehead atoms. The molecule has 0 radical (unpaired) electrons. The van der Waals surface area contributed by atoms with Gasteiger partial charge < -0.3 is 10.1 Å². The van der Waals surface area contributed by atoms with Crippen molar-refractivity contribution in [2.24, 2.45) is 0 Å². The van der Waals surface area contributed by atoms with Crippen LogP contribution in [0.3, 0.4) is 0 Å². The number of benzene rings is 1. The topological polar surface area (TPSA) is 74.0 Å². The zero-order chi connectivity index (χ0) is 20.3. The monoisotopic (exact) mass is 393 g/mol. The smallest absolute Gasteiger partial charge is 0.416 e. The summed E-state index contributed by atoms with van der Waals surface area (Å²) in [5, 5.41) is 11.1. The van der Waals surface area contributed by atoms with Crippen LogP contribution in [-0.2, 0) is 19.5 Å². The van der Waals surface area contributed by atoms with E-state index in [2.05, 4.69) is 15.5 Å². The fourth-order valence-corrected chi connectivity index (χ4v) is 2.53. The molecule has 0 unspecified atom stereocenters. The Balaban J connectivity index is 1.63. The molecule has 148 valence electrons. The SMILES string of the molecule is CCn1nc(C)cc1NC(=O)c1ccn(COc2cccc(C(F)(F)F)c2)n1. The Labute approximate surface area is 158 Å². The Morgan fingerprint density at radius 1 is 1.21 bits per heavy atom. The predicted molar refractivity (Wildman–Crippen MR) is 94.9 cm³/mol. The van der Waals surface area contributed by atoms with E-state index in [1.165, 1.54) is 29.1 Å². The number of nitrogens with one attached hydrogen (secondary N) is 1. The highest BCUT2D eigenvalue weighted by Crippen LogP contribution is 2.31. The summed E-state index contributed by atoms with van der Waals surface area (Å²) in [6, 6.07) is 7.79. The Hall–Kier alpha value is -3.30. The highest BCUT2D eigenvalue weighted by molar-refractivity contribution is 6.02. The summed E-state index contributed by atoms with van der Waals surface area (Å²) in [4.78, 5) is 12.3. The van der Waals surface area contributed by atoms with Crippen molar-refractivity contribution >= 4 is 11.7 Å². The molecule has 0 aliphatic heterocycles. The molecule has 3 rings (SSSR count). The first-order valence-corrected chi connectivity index (χ1v) is 8.45. The van der Waals surface area contributed by atoms with Crippen LogP contribution < -0.4 is 10.1 Å². The Morgan fingerprint density at radius 2 is 2.00 bits per heavy atom. The summed E-state index contributed by atoms with van der Waals surface area (Å²) in [7, 11) is 0. The van der Waals surface area contributed by atoms with E-state index in [0.717, 1.165) is 17.8 Å². The molecule has 0 atom stereocenters. The van der Waals surface area contributed by atoms with Gasteiger partial charge >= 0.3 is 6.18 Å². The van der Waals surface area contributed by atoms with Crippen LogP contribution >= 0.6 is 0 Å². The van der Waals surface area contributed by atoms with E-state index in [0.29, 0.717) is 12.4 Å². The third-order valence-electron chi connectivity index (χ3n) is 3.84. The number of anilines is 1. The van der Waals surface area contributed by atoms with Gasteiger partial charge in [0.15, 0.2) is 12.4 Å². The van der Waals surface area contributed by atoms with Crippen molar-refractivity contribution in [1.29, 1.82) is 0 Å². The highest BCUT2D eigenvalue weighted by Gasteiger charge is 2.30. The van der Waals surface area contributed by atoms with E-state index in [-0.39, 0.29) is 18.2 Å². The number of amides is 1. The minimum Gasteiger partial charge on any atom is -0.471 e. The van der Waals surface area contributed by atoms with Gasteiger partial charge in [0, 0.05) is 18.8 Å². The summed E-state index contributed by atoms with van der Waals surface area (Å²) in [6.45, 7) is 4.19. The molecule has 2 heterocycles. The van der Waals surface area contributed by atoms with Crippen LogP contribution in [0.4, 0.5) is 19.0 Å². The second kappa shape index (κ2) is 7.75. The van der Waals surface area contributed by atoms with Crippen molar-refractivity contribution in [3.05, 3.63) is 59.5 Å². The van der Waals surface area contributed by atoms with E-state index in [1.807, 2.05) is 13.8 Å². The van der Waals surface area contributed by atoms with Crippen LogP contribution in [0.25, 0.3) is 0 Å². The molecular formula is C18H18F3N5O2.